The molecule has 0 saturated carbocycles. The molecule has 5 rings (SSSR count). The molecular formula is C26H29N5. The number of allylic oxidation sites excluding steroid dienone is 2. The van der Waals surface area contributed by atoms with Crippen molar-refractivity contribution in [2.45, 2.75) is 38.8 Å². The summed E-state index contributed by atoms with van der Waals surface area (Å²) in [7, 11) is 0. The Kier molecular flexibility index (Phi) is 5.33. The van der Waals surface area contributed by atoms with E-state index in [4.69, 9.17) is 5.73 Å². The van der Waals surface area contributed by atoms with Crippen LogP contribution in [0.5, 0.6) is 0 Å². The van der Waals surface area contributed by atoms with Crippen molar-refractivity contribution in [3.63, 3.8) is 0 Å². The van der Waals surface area contributed by atoms with Crippen LogP contribution < -0.4 is 10.6 Å². The van der Waals surface area contributed by atoms with Gasteiger partial charge in [-0.3, -0.25) is 0 Å². The molecule has 1 atom stereocenters. The number of nitrogens with zero attached hydrogens (tertiary/aromatic N) is 4. The molecule has 158 valence electrons. The molecule has 3 aromatic rings. The number of hydrogen-bond donors (Lipinski definition) is 1. The maximum Gasteiger partial charge on any atom is 0.131 e. The van der Waals surface area contributed by atoms with Crippen LogP contribution in [-0.4, -0.2) is 34.0 Å². The second kappa shape index (κ2) is 8.42. The van der Waals surface area contributed by atoms with Gasteiger partial charge in [0.2, 0.25) is 0 Å². The van der Waals surface area contributed by atoms with Crippen molar-refractivity contribution in [1.82, 2.24) is 14.9 Å². The average molecular weight is 412 g/mol. The summed E-state index contributed by atoms with van der Waals surface area (Å²) < 4.78 is 0. The monoisotopic (exact) mass is 411 g/mol. The number of nitrogen functional groups attached to an aromatic ring is 1. The molecule has 2 aliphatic rings. The van der Waals surface area contributed by atoms with Gasteiger partial charge >= 0.3 is 0 Å². The normalized spacial score (nSPS) is 18.6. The number of rotatable bonds is 5. The van der Waals surface area contributed by atoms with Gasteiger partial charge < -0.3 is 15.5 Å². The fourth-order valence-corrected chi connectivity index (χ4v) is 4.71. The highest BCUT2D eigenvalue weighted by atomic mass is 15.2. The molecule has 0 radical (unpaired) electrons. The van der Waals surface area contributed by atoms with E-state index in [1.165, 1.54) is 29.5 Å². The van der Waals surface area contributed by atoms with Crippen LogP contribution in [0.1, 0.15) is 30.9 Å². The largest absolute Gasteiger partial charge is 0.383 e. The lowest BCUT2D eigenvalue weighted by Gasteiger charge is -2.24. The second-order valence-corrected chi connectivity index (χ2v) is 8.67. The number of aromatic nitrogens is 2. The van der Waals surface area contributed by atoms with E-state index in [2.05, 4.69) is 75.4 Å². The Morgan fingerprint density at radius 1 is 1.06 bits per heavy atom. The summed E-state index contributed by atoms with van der Waals surface area (Å²) in [6.07, 6.45) is 14.0. The molecule has 5 nitrogen and oxygen atoms in total. The molecule has 1 fully saturated rings. The van der Waals surface area contributed by atoms with Gasteiger partial charge in [-0.25, -0.2) is 9.97 Å². The van der Waals surface area contributed by atoms with E-state index in [1.54, 1.807) is 6.20 Å². The highest BCUT2D eigenvalue weighted by Crippen LogP contribution is 2.26. The smallest absolute Gasteiger partial charge is 0.131 e. The van der Waals surface area contributed by atoms with Crippen LogP contribution in [0.25, 0.3) is 10.8 Å². The van der Waals surface area contributed by atoms with Crippen molar-refractivity contribution >= 4 is 22.4 Å². The third kappa shape index (κ3) is 4.26. The lowest BCUT2D eigenvalue weighted by Crippen LogP contribution is -2.27. The average Bonchev–Trinajstić information content (AvgIpc) is 3.20. The number of anilines is 2. The van der Waals surface area contributed by atoms with Crippen molar-refractivity contribution < 1.29 is 0 Å². The molecule has 5 heteroatoms. The minimum Gasteiger partial charge on any atom is -0.383 e. The Morgan fingerprint density at radius 3 is 2.84 bits per heavy atom. The van der Waals surface area contributed by atoms with Crippen LogP contribution in [0.2, 0.25) is 0 Å². The van der Waals surface area contributed by atoms with E-state index in [0.29, 0.717) is 11.9 Å². The molecule has 0 aliphatic carbocycles. The first-order valence-electron chi connectivity index (χ1n) is 11.1. The molecule has 1 unspecified atom stereocenters. The minimum atomic E-state index is 0.583. The van der Waals surface area contributed by atoms with Gasteiger partial charge in [-0.15, -0.1) is 0 Å². The van der Waals surface area contributed by atoms with Gasteiger partial charge in [0.1, 0.15) is 11.6 Å². The predicted molar refractivity (Wildman–Crippen MR) is 128 cm³/mol. The molecule has 2 aliphatic heterocycles. The topological polar surface area (TPSA) is 58.3 Å². The quantitative estimate of drug-likeness (QED) is 0.659. The van der Waals surface area contributed by atoms with E-state index < -0.39 is 0 Å². The first-order chi connectivity index (χ1) is 15.2. The summed E-state index contributed by atoms with van der Waals surface area (Å²) in [5.74, 6) is 1.71. The molecule has 31 heavy (non-hydrogen) atoms. The molecular weight excluding hydrogens is 382 g/mol. The Hall–Kier alpha value is -3.34. The van der Waals surface area contributed by atoms with E-state index >= 15 is 0 Å². The van der Waals surface area contributed by atoms with Crippen molar-refractivity contribution in [1.29, 1.82) is 0 Å². The molecule has 0 bridgehead atoms. The van der Waals surface area contributed by atoms with Crippen molar-refractivity contribution in [2.24, 2.45) is 0 Å². The van der Waals surface area contributed by atoms with Gasteiger partial charge in [0.15, 0.2) is 0 Å². The highest BCUT2D eigenvalue weighted by Gasteiger charge is 2.21. The van der Waals surface area contributed by atoms with Crippen molar-refractivity contribution in [3.05, 3.63) is 83.8 Å². The molecule has 2 aromatic heterocycles. The minimum absolute atomic E-state index is 0.583. The standard InChI is InChI=1S/C26H29N5/c1-19-4-2-13-31(19)25-16-20(8-10-28-25)14-21-5-3-12-30(17-21)18-22-6-7-24-23(15-22)9-11-29-26(24)27/h3,5-11,15-17,19H,2,4,12-14,18H2,1H3,(H2,27,29). The van der Waals surface area contributed by atoms with E-state index in [0.717, 1.165) is 42.6 Å². The molecule has 0 amide bonds. The van der Waals surface area contributed by atoms with Crippen LogP contribution in [0.15, 0.2) is 72.7 Å². The number of pyridine rings is 2. The highest BCUT2D eigenvalue weighted by molar-refractivity contribution is 5.91. The van der Waals surface area contributed by atoms with Crippen molar-refractivity contribution in [2.75, 3.05) is 23.7 Å². The van der Waals surface area contributed by atoms with E-state index in [1.807, 2.05) is 12.3 Å². The fourth-order valence-electron chi connectivity index (χ4n) is 4.71. The van der Waals surface area contributed by atoms with Crippen molar-refractivity contribution in [3.8, 4) is 0 Å². The second-order valence-electron chi connectivity index (χ2n) is 8.67. The van der Waals surface area contributed by atoms with Gasteiger partial charge in [0.25, 0.3) is 0 Å². The summed E-state index contributed by atoms with van der Waals surface area (Å²) in [5, 5.41) is 2.16. The number of nitrogens with two attached hydrogens (primary N) is 1. The number of benzene rings is 1. The Balaban J connectivity index is 1.30. The SMILES string of the molecule is CC1CCCN1c1cc(CC2=CN(Cc3ccc4c(N)nccc4c3)CC=C2)ccn1. The van der Waals surface area contributed by atoms with Crippen LogP contribution >= 0.6 is 0 Å². The third-order valence-corrected chi connectivity index (χ3v) is 6.33. The molecule has 4 heterocycles. The molecule has 1 saturated heterocycles. The maximum atomic E-state index is 5.99. The van der Waals surface area contributed by atoms with Gasteiger partial charge in [-0.05, 0) is 72.5 Å². The van der Waals surface area contributed by atoms with Gasteiger partial charge in [-0.1, -0.05) is 24.3 Å². The summed E-state index contributed by atoms with van der Waals surface area (Å²) in [5.41, 5.74) is 9.91. The number of fused-ring (bicyclic) bond motifs is 1. The van der Waals surface area contributed by atoms with Crippen LogP contribution in [0, 0.1) is 0 Å². The van der Waals surface area contributed by atoms with Crippen LogP contribution in [0.3, 0.4) is 0 Å². The predicted octanol–water partition coefficient (Wildman–Crippen LogP) is 4.70. The van der Waals surface area contributed by atoms with Gasteiger partial charge in [-0.2, -0.15) is 0 Å². The van der Waals surface area contributed by atoms with Gasteiger partial charge in [0, 0.05) is 49.7 Å². The Bertz CT molecular complexity index is 1150. The first kappa shape index (κ1) is 19.6. The summed E-state index contributed by atoms with van der Waals surface area (Å²) in [6.45, 7) is 5.20. The number of hydrogen-bond acceptors (Lipinski definition) is 5. The zero-order chi connectivity index (χ0) is 21.2. The third-order valence-electron chi connectivity index (χ3n) is 6.33. The zero-order valence-electron chi connectivity index (χ0n) is 18.0. The summed E-state index contributed by atoms with van der Waals surface area (Å²) >= 11 is 0. The lowest BCUT2D eigenvalue weighted by molar-refractivity contribution is 0.401. The first-order valence-corrected chi connectivity index (χ1v) is 11.1. The van der Waals surface area contributed by atoms with Gasteiger partial charge in [0.05, 0.1) is 0 Å². The Morgan fingerprint density at radius 2 is 1.97 bits per heavy atom. The fraction of sp³-hybridized carbons (Fsp3) is 0.308. The van der Waals surface area contributed by atoms with E-state index in [9.17, 15) is 0 Å². The van der Waals surface area contributed by atoms with E-state index in [-0.39, 0.29) is 0 Å². The molecule has 1 aromatic carbocycles. The zero-order valence-corrected chi connectivity index (χ0v) is 18.0. The molecule has 0 spiro atoms. The van der Waals surface area contributed by atoms with Crippen LogP contribution in [-0.2, 0) is 13.0 Å². The molecule has 2 N–H and O–H groups in total. The maximum absolute atomic E-state index is 5.99. The summed E-state index contributed by atoms with van der Waals surface area (Å²) in [4.78, 5) is 13.6. The summed E-state index contributed by atoms with van der Waals surface area (Å²) in [6, 6.07) is 13.4. The Labute approximate surface area is 183 Å². The van der Waals surface area contributed by atoms with Crippen LogP contribution in [0.4, 0.5) is 11.6 Å². The lowest BCUT2D eigenvalue weighted by atomic mass is 10.0.